The van der Waals surface area contributed by atoms with Crippen LogP contribution in [-0.2, 0) is 4.79 Å². The quantitative estimate of drug-likeness (QED) is 0.861. The van der Waals surface area contributed by atoms with E-state index in [0.717, 1.165) is 42.8 Å². The Kier molecular flexibility index (Phi) is 3.66. The van der Waals surface area contributed by atoms with Gasteiger partial charge in [0, 0.05) is 17.7 Å². The Hall–Kier alpha value is -1.42. The van der Waals surface area contributed by atoms with Crippen molar-refractivity contribution >= 4 is 11.6 Å². The molecule has 1 aromatic heterocycles. The van der Waals surface area contributed by atoms with Crippen LogP contribution in [0.15, 0.2) is 12.1 Å². The summed E-state index contributed by atoms with van der Waals surface area (Å²) in [7, 11) is 0. The van der Waals surface area contributed by atoms with Gasteiger partial charge in [-0.1, -0.05) is 12.8 Å². The third-order valence-electron chi connectivity index (χ3n) is 3.61. The number of nitrogens with two attached hydrogens (primary N) is 1. The van der Waals surface area contributed by atoms with Crippen molar-refractivity contribution in [3.63, 3.8) is 0 Å². The molecule has 0 atom stereocenters. The highest BCUT2D eigenvalue weighted by Crippen LogP contribution is 2.30. The first kappa shape index (κ1) is 13.0. The molecule has 98 valence electrons. The zero-order valence-electron chi connectivity index (χ0n) is 11.1. The zero-order valence-corrected chi connectivity index (χ0v) is 11.1. The first-order valence-electron chi connectivity index (χ1n) is 6.51. The first-order chi connectivity index (χ1) is 8.48. The van der Waals surface area contributed by atoms with Crippen molar-refractivity contribution < 1.29 is 4.79 Å². The number of rotatable bonds is 3. The molecule has 0 unspecified atom stereocenters. The minimum absolute atomic E-state index is 0.00634. The van der Waals surface area contributed by atoms with Crippen LogP contribution in [-0.4, -0.2) is 16.4 Å². The van der Waals surface area contributed by atoms with E-state index in [4.69, 9.17) is 5.73 Å². The summed E-state index contributed by atoms with van der Waals surface area (Å²) in [6, 6.07) is 3.80. The lowest BCUT2D eigenvalue weighted by Crippen LogP contribution is -2.40. The summed E-state index contributed by atoms with van der Waals surface area (Å²) in [6.07, 6.45) is 4.57. The van der Waals surface area contributed by atoms with Crippen molar-refractivity contribution in [1.82, 2.24) is 4.98 Å². The molecule has 1 amide bonds. The fourth-order valence-corrected chi connectivity index (χ4v) is 2.59. The van der Waals surface area contributed by atoms with Crippen molar-refractivity contribution in [3.8, 4) is 0 Å². The maximum atomic E-state index is 12.0. The van der Waals surface area contributed by atoms with Crippen LogP contribution in [0.2, 0.25) is 0 Å². The molecule has 2 rings (SSSR count). The second-order valence-electron chi connectivity index (χ2n) is 5.38. The number of nitrogens with one attached hydrogen (secondary N) is 1. The summed E-state index contributed by atoms with van der Waals surface area (Å²) in [4.78, 5) is 16.3. The van der Waals surface area contributed by atoms with E-state index in [1.165, 1.54) is 0 Å². The molecule has 1 aliphatic carbocycles. The van der Waals surface area contributed by atoms with Crippen molar-refractivity contribution in [2.24, 2.45) is 5.73 Å². The van der Waals surface area contributed by atoms with E-state index in [-0.39, 0.29) is 11.4 Å². The first-order valence-corrected chi connectivity index (χ1v) is 6.51. The number of aromatic nitrogens is 1. The SMILES string of the molecule is Cc1ccc(NC(=O)CC2(N)CCCC2)c(C)n1. The lowest BCUT2D eigenvalue weighted by molar-refractivity contribution is -0.117. The molecule has 1 saturated carbocycles. The Morgan fingerprint density at radius 1 is 1.39 bits per heavy atom. The van der Waals surface area contributed by atoms with Gasteiger partial charge in [-0.25, -0.2) is 0 Å². The fraction of sp³-hybridized carbons (Fsp3) is 0.571. The second-order valence-corrected chi connectivity index (χ2v) is 5.38. The smallest absolute Gasteiger partial charge is 0.226 e. The predicted octanol–water partition coefficient (Wildman–Crippen LogP) is 2.30. The third-order valence-corrected chi connectivity index (χ3v) is 3.61. The van der Waals surface area contributed by atoms with Crippen LogP contribution in [0.3, 0.4) is 0 Å². The van der Waals surface area contributed by atoms with E-state index in [0.29, 0.717) is 6.42 Å². The molecule has 3 N–H and O–H groups in total. The Bertz CT molecular complexity index is 450. The molecule has 18 heavy (non-hydrogen) atoms. The Morgan fingerprint density at radius 3 is 2.67 bits per heavy atom. The number of amides is 1. The molecule has 0 radical (unpaired) electrons. The van der Waals surface area contributed by atoms with Crippen molar-refractivity contribution in [1.29, 1.82) is 0 Å². The highest BCUT2D eigenvalue weighted by atomic mass is 16.1. The van der Waals surface area contributed by atoms with E-state index in [2.05, 4.69) is 10.3 Å². The van der Waals surface area contributed by atoms with Crippen molar-refractivity contribution in [3.05, 3.63) is 23.5 Å². The maximum Gasteiger partial charge on any atom is 0.226 e. The van der Waals surface area contributed by atoms with Gasteiger partial charge >= 0.3 is 0 Å². The minimum atomic E-state index is -0.296. The number of hydrogen-bond donors (Lipinski definition) is 2. The topological polar surface area (TPSA) is 68.0 Å². The van der Waals surface area contributed by atoms with Crippen LogP contribution >= 0.6 is 0 Å². The van der Waals surface area contributed by atoms with Gasteiger partial charge in [-0.05, 0) is 38.8 Å². The van der Waals surface area contributed by atoms with E-state index < -0.39 is 0 Å². The van der Waals surface area contributed by atoms with Crippen molar-refractivity contribution in [2.45, 2.75) is 51.5 Å². The fourth-order valence-electron chi connectivity index (χ4n) is 2.59. The number of pyridine rings is 1. The van der Waals surface area contributed by atoms with Gasteiger partial charge < -0.3 is 11.1 Å². The molecule has 1 heterocycles. The van der Waals surface area contributed by atoms with Crippen LogP contribution in [0.1, 0.15) is 43.5 Å². The average molecular weight is 247 g/mol. The van der Waals surface area contributed by atoms with Gasteiger partial charge in [-0.3, -0.25) is 9.78 Å². The number of hydrogen-bond acceptors (Lipinski definition) is 3. The zero-order chi connectivity index (χ0) is 13.2. The summed E-state index contributed by atoms with van der Waals surface area (Å²) in [5.41, 5.74) is 8.49. The number of carbonyl (C=O) groups excluding carboxylic acids is 1. The van der Waals surface area contributed by atoms with E-state index >= 15 is 0 Å². The third kappa shape index (κ3) is 3.07. The standard InChI is InChI=1S/C14H21N3O/c1-10-5-6-12(11(2)16-10)17-13(18)9-14(15)7-3-4-8-14/h5-6H,3-4,7-9,15H2,1-2H3,(H,17,18). The molecular weight excluding hydrogens is 226 g/mol. The maximum absolute atomic E-state index is 12.0. The predicted molar refractivity (Wildman–Crippen MR) is 72.3 cm³/mol. The van der Waals surface area contributed by atoms with Gasteiger partial charge in [-0.2, -0.15) is 0 Å². The van der Waals surface area contributed by atoms with Crippen LogP contribution in [0.25, 0.3) is 0 Å². The van der Waals surface area contributed by atoms with E-state index in [9.17, 15) is 4.79 Å². The van der Waals surface area contributed by atoms with Gasteiger partial charge in [0.2, 0.25) is 5.91 Å². The average Bonchev–Trinajstić information content (AvgIpc) is 2.69. The summed E-state index contributed by atoms with van der Waals surface area (Å²) in [6.45, 7) is 3.84. The van der Waals surface area contributed by atoms with Crippen LogP contribution < -0.4 is 11.1 Å². The number of aryl methyl sites for hydroxylation is 2. The number of anilines is 1. The minimum Gasteiger partial charge on any atom is -0.325 e. The summed E-state index contributed by atoms with van der Waals surface area (Å²) < 4.78 is 0. The molecule has 0 saturated heterocycles. The lowest BCUT2D eigenvalue weighted by Gasteiger charge is -2.22. The highest BCUT2D eigenvalue weighted by molar-refractivity contribution is 5.92. The van der Waals surface area contributed by atoms with Crippen LogP contribution in [0.5, 0.6) is 0 Å². The molecular formula is C14H21N3O. The van der Waals surface area contributed by atoms with Crippen LogP contribution in [0.4, 0.5) is 5.69 Å². The van der Waals surface area contributed by atoms with Gasteiger partial charge in [-0.15, -0.1) is 0 Å². The Morgan fingerprint density at radius 2 is 2.06 bits per heavy atom. The van der Waals surface area contributed by atoms with Crippen LogP contribution in [0, 0.1) is 13.8 Å². The molecule has 0 bridgehead atoms. The largest absolute Gasteiger partial charge is 0.325 e. The molecule has 1 fully saturated rings. The van der Waals surface area contributed by atoms with Gasteiger partial charge in [0.05, 0.1) is 11.4 Å². The Balaban J connectivity index is 1.98. The summed E-state index contributed by atoms with van der Waals surface area (Å²) in [5.74, 6) is -0.00634. The summed E-state index contributed by atoms with van der Waals surface area (Å²) in [5, 5.41) is 2.91. The number of carbonyl (C=O) groups is 1. The monoisotopic (exact) mass is 247 g/mol. The van der Waals surface area contributed by atoms with E-state index in [1.807, 2.05) is 26.0 Å². The normalized spacial score (nSPS) is 17.7. The Labute approximate surface area is 108 Å². The molecule has 0 aromatic carbocycles. The molecule has 4 nitrogen and oxygen atoms in total. The molecule has 4 heteroatoms. The molecule has 0 aliphatic heterocycles. The van der Waals surface area contributed by atoms with Gasteiger partial charge in [0.25, 0.3) is 0 Å². The van der Waals surface area contributed by atoms with Gasteiger partial charge in [0.15, 0.2) is 0 Å². The lowest BCUT2D eigenvalue weighted by atomic mass is 9.94. The van der Waals surface area contributed by atoms with E-state index in [1.54, 1.807) is 0 Å². The molecule has 0 spiro atoms. The second kappa shape index (κ2) is 5.06. The molecule has 1 aliphatic rings. The highest BCUT2D eigenvalue weighted by Gasteiger charge is 2.31. The summed E-state index contributed by atoms with van der Waals surface area (Å²) >= 11 is 0. The van der Waals surface area contributed by atoms with Gasteiger partial charge in [0.1, 0.15) is 0 Å². The number of nitrogens with zero attached hydrogens (tertiary/aromatic N) is 1. The van der Waals surface area contributed by atoms with Crippen molar-refractivity contribution in [2.75, 3.05) is 5.32 Å². The molecule has 1 aromatic rings.